The molecule has 0 spiro atoms. The maximum absolute atomic E-state index is 12.7. The molecule has 1 heterocycles. The molecule has 0 bridgehead atoms. The van der Waals surface area contributed by atoms with Crippen molar-refractivity contribution in [2.24, 2.45) is 0 Å². The molecular weight excluding hydrogens is 404 g/mol. The lowest BCUT2D eigenvalue weighted by molar-refractivity contribution is -0.122. The van der Waals surface area contributed by atoms with Crippen LogP contribution >= 0.6 is 0 Å². The number of nitrogens with one attached hydrogen (secondary N) is 2. The maximum atomic E-state index is 12.7. The summed E-state index contributed by atoms with van der Waals surface area (Å²) in [6.07, 6.45) is 7.82. The fraction of sp³-hybridized carbons (Fsp3) is 0.320. The van der Waals surface area contributed by atoms with Gasteiger partial charge in [0.25, 0.3) is 0 Å². The van der Waals surface area contributed by atoms with Crippen molar-refractivity contribution in [2.45, 2.75) is 44.4 Å². The van der Waals surface area contributed by atoms with E-state index in [0.29, 0.717) is 19.4 Å². The third-order valence-electron chi connectivity index (χ3n) is 5.77. The van der Waals surface area contributed by atoms with E-state index in [0.717, 1.165) is 24.0 Å². The largest absolute Gasteiger partial charge is 0.445 e. The van der Waals surface area contributed by atoms with Crippen molar-refractivity contribution in [1.29, 1.82) is 0 Å². The van der Waals surface area contributed by atoms with Crippen LogP contribution in [-0.2, 0) is 22.6 Å². The highest BCUT2D eigenvalue weighted by atomic mass is 16.5. The normalized spacial score (nSPS) is 17.2. The molecule has 1 aromatic heterocycles. The molecule has 0 unspecified atom stereocenters. The molecule has 4 rings (SSSR count). The highest BCUT2D eigenvalue weighted by Gasteiger charge is 2.31. The third kappa shape index (κ3) is 5.55. The molecule has 0 aliphatic heterocycles. The van der Waals surface area contributed by atoms with Gasteiger partial charge in [0.05, 0.1) is 18.4 Å². The molecule has 0 saturated heterocycles. The Hall–Kier alpha value is -3.61. The zero-order valence-electron chi connectivity index (χ0n) is 17.9. The van der Waals surface area contributed by atoms with E-state index in [2.05, 4.69) is 32.3 Å². The molecule has 7 heteroatoms. The first-order valence-corrected chi connectivity index (χ1v) is 11.0. The summed E-state index contributed by atoms with van der Waals surface area (Å²) in [5, 5.41) is 5.92. The molecule has 2 amide bonds. The Balaban J connectivity index is 1.26. The van der Waals surface area contributed by atoms with Gasteiger partial charge in [0.1, 0.15) is 6.61 Å². The van der Waals surface area contributed by atoms with Crippen LogP contribution in [0.25, 0.3) is 0 Å². The maximum Gasteiger partial charge on any atom is 0.407 e. The van der Waals surface area contributed by atoms with E-state index in [1.165, 1.54) is 5.56 Å². The summed E-state index contributed by atoms with van der Waals surface area (Å²) >= 11 is 0. The van der Waals surface area contributed by atoms with Crippen LogP contribution in [0.15, 0.2) is 73.3 Å². The number of carbonyl (C=O) groups excluding carboxylic acids is 2. The molecule has 7 nitrogen and oxygen atoms in total. The number of carbonyl (C=O) groups is 2. The number of alkyl carbamates (subject to hydrolysis) is 1. The molecule has 0 fully saturated rings. The second-order valence-electron chi connectivity index (χ2n) is 7.95. The molecule has 1 aliphatic carbocycles. The zero-order chi connectivity index (χ0) is 22.2. The first-order valence-electron chi connectivity index (χ1n) is 11.0. The molecule has 0 radical (unpaired) electrons. The first kappa shape index (κ1) is 21.6. The average Bonchev–Trinajstić information content (AvgIpc) is 3.36. The zero-order valence-corrected chi connectivity index (χ0v) is 17.9. The second kappa shape index (κ2) is 10.6. The molecule has 1 aliphatic rings. The van der Waals surface area contributed by atoms with Crippen molar-refractivity contribution in [2.75, 3.05) is 6.54 Å². The Kier molecular flexibility index (Phi) is 7.17. The quantitative estimate of drug-likeness (QED) is 0.528. The van der Waals surface area contributed by atoms with Gasteiger partial charge in [0, 0.05) is 25.4 Å². The number of aryl methyl sites for hydroxylation is 1. The van der Waals surface area contributed by atoms with Gasteiger partial charge >= 0.3 is 6.09 Å². The number of benzene rings is 2. The van der Waals surface area contributed by atoms with Crippen LogP contribution in [0.5, 0.6) is 0 Å². The fourth-order valence-electron chi connectivity index (χ4n) is 4.16. The van der Waals surface area contributed by atoms with Gasteiger partial charge in [-0.05, 0) is 36.0 Å². The molecule has 166 valence electrons. The van der Waals surface area contributed by atoms with Gasteiger partial charge in [-0.15, -0.1) is 0 Å². The number of rotatable bonds is 8. The van der Waals surface area contributed by atoms with Crippen LogP contribution in [0.2, 0.25) is 0 Å². The van der Waals surface area contributed by atoms with E-state index in [1.807, 2.05) is 55.0 Å². The van der Waals surface area contributed by atoms with E-state index in [-0.39, 0.29) is 24.6 Å². The van der Waals surface area contributed by atoms with Crippen molar-refractivity contribution < 1.29 is 14.3 Å². The van der Waals surface area contributed by atoms with Gasteiger partial charge in [-0.3, -0.25) is 4.79 Å². The number of aromatic nitrogens is 2. The Morgan fingerprint density at radius 1 is 1.09 bits per heavy atom. The van der Waals surface area contributed by atoms with Crippen LogP contribution in [0.4, 0.5) is 4.79 Å². The van der Waals surface area contributed by atoms with E-state index < -0.39 is 6.09 Å². The predicted molar refractivity (Wildman–Crippen MR) is 121 cm³/mol. The van der Waals surface area contributed by atoms with E-state index in [1.54, 1.807) is 6.20 Å². The SMILES string of the molecule is O=C(CCCNC(=O)OCc1ccccc1)N[C@@H]1c2ccccc2CC[C@@H]1n1ccnc1. The summed E-state index contributed by atoms with van der Waals surface area (Å²) in [4.78, 5) is 28.7. The Morgan fingerprint density at radius 2 is 1.91 bits per heavy atom. The lowest BCUT2D eigenvalue weighted by Crippen LogP contribution is -2.37. The van der Waals surface area contributed by atoms with E-state index >= 15 is 0 Å². The van der Waals surface area contributed by atoms with Crippen LogP contribution < -0.4 is 10.6 Å². The molecular formula is C25H28N4O3. The number of hydrogen-bond acceptors (Lipinski definition) is 4. The predicted octanol–water partition coefficient (Wildman–Crippen LogP) is 3.93. The lowest BCUT2D eigenvalue weighted by atomic mass is 9.83. The van der Waals surface area contributed by atoms with Crippen molar-refractivity contribution in [3.8, 4) is 0 Å². The standard InChI is InChI=1S/C25H28N4O3/c30-23(11-6-14-27-25(31)32-17-19-7-2-1-3-8-19)28-24-21-10-5-4-9-20(21)12-13-22(24)29-16-15-26-18-29/h1-5,7-10,15-16,18,22,24H,6,11-14,17H2,(H,27,31)(H,28,30)/t22-,24+/m0/s1. The number of fused-ring (bicyclic) bond motifs is 1. The van der Waals surface area contributed by atoms with Crippen molar-refractivity contribution in [3.05, 3.63) is 90.0 Å². The molecule has 2 aromatic carbocycles. The summed E-state index contributed by atoms with van der Waals surface area (Å²) in [6.45, 7) is 0.608. The van der Waals surface area contributed by atoms with Gasteiger partial charge < -0.3 is 19.9 Å². The third-order valence-corrected chi connectivity index (χ3v) is 5.77. The molecule has 2 atom stereocenters. The number of imidazole rings is 1. The Morgan fingerprint density at radius 3 is 2.72 bits per heavy atom. The second-order valence-corrected chi connectivity index (χ2v) is 7.95. The minimum absolute atomic E-state index is 0.0312. The van der Waals surface area contributed by atoms with Gasteiger partial charge in [-0.25, -0.2) is 9.78 Å². The number of hydrogen-bond donors (Lipinski definition) is 2. The van der Waals surface area contributed by atoms with Gasteiger partial charge in [0.2, 0.25) is 5.91 Å². The smallest absolute Gasteiger partial charge is 0.407 e. The summed E-state index contributed by atoms with van der Waals surface area (Å²) in [5.41, 5.74) is 3.37. The highest BCUT2D eigenvalue weighted by molar-refractivity contribution is 5.76. The van der Waals surface area contributed by atoms with E-state index in [9.17, 15) is 9.59 Å². The number of ether oxygens (including phenoxy) is 1. The monoisotopic (exact) mass is 432 g/mol. The van der Waals surface area contributed by atoms with Crippen LogP contribution in [0.1, 0.15) is 48.0 Å². The molecule has 32 heavy (non-hydrogen) atoms. The Labute approximate surface area is 187 Å². The van der Waals surface area contributed by atoms with Crippen molar-refractivity contribution >= 4 is 12.0 Å². The topological polar surface area (TPSA) is 85.3 Å². The van der Waals surface area contributed by atoms with Crippen molar-refractivity contribution in [3.63, 3.8) is 0 Å². The fourth-order valence-corrected chi connectivity index (χ4v) is 4.16. The van der Waals surface area contributed by atoms with Gasteiger partial charge in [-0.2, -0.15) is 0 Å². The minimum Gasteiger partial charge on any atom is -0.445 e. The number of nitrogens with zero attached hydrogens (tertiary/aromatic N) is 2. The lowest BCUT2D eigenvalue weighted by Gasteiger charge is -2.35. The van der Waals surface area contributed by atoms with Gasteiger partial charge in [-0.1, -0.05) is 54.6 Å². The summed E-state index contributed by atoms with van der Waals surface area (Å²) in [6, 6.07) is 17.8. The van der Waals surface area contributed by atoms with Crippen molar-refractivity contribution in [1.82, 2.24) is 20.2 Å². The van der Waals surface area contributed by atoms with E-state index in [4.69, 9.17) is 4.74 Å². The summed E-state index contributed by atoms with van der Waals surface area (Å²) in [7, 11) is 0. The number of amides is 2. The van der Waals surface area contributed by atoms with Crippen LogP contribution in [0.3, 0.4) is 0 Å². The Bertz CT molecular complexity index is 1020. The molecule has 2 N–H and O–H groups in total. The first-order chi connectivity index (χ1) is 15.7. The van der Waals surface area contributed by atoms with Crippen LogP contribution in [0, 0.1) is 0 Å². The summed E-state index contributed by atoms with van der Waals surface area (Å²) in [5.74, 6) is -0.0312. The minimum atomic E-state index is -0.476. The van der Waals surface area contributed by atoms with Crippen LogP contribution in [-0.4, -0.2) is 28.1 Å². The highest BCUT2D eigenvalue weighted by Crippen LogP contribution is 2.37. The summed E-state index contributed by atoms with van der Waals surface area (Å²) < 4.78 is 7.27. The molecule has 0 saturated carbocycles. The van der Waals surface area contributed by atoms with Gasteiger partial charge in [0.15, 0.2) is 0 Å². The average molecular weight is 433 g/mol. The molecule has 3 aromatic rings.